The normalized spacial score (nSPS) is 16.8. The van der Waals surface area contributed by atoms with Crippen molar-refractivity contribution < 1.29 is 14.0 Å². The molecule has 0 amide bonds. The number of anilines is 5. The molecule has 0 spiro atoms. The number of nitrogens with one attached hydrogen (secondary N) is 1. The number of hydrogen-bond acceptors (Lipinski definition) is 8. The van der Waals surface area contributed by atoms with E-state index in [2.05, 4.69) is 328 Å². The van der Waals surface area contributed by atoms with Crippen LogP contribution in [0, 0.1) is 13.8 Å². The van der Waals surface area contributed by atoms with Gasteiger partial charge in [0.05, 0.1) is 22.4 Å². The molecular weight excluding hydrogens is 1150 g/mol. The average Bonchev–Trinajstić information content (AvgIpc) is 1.11. The second-order valence-electron chi connectivity index (χ2n) is 26.5. The van der Waals surface area contributed by atoms with E-state index in [0.717, 1.165) is 113 Å². The molecule has 12 rings (SSSR count). The summed E-state index contributed by atoms with van der Waals surface area (Å²) in [7, 11) is 1.58. The Labute approximate surface area is 557 Å². The van der Waals surface area contributed by atoms with Crippen LogP contribution in [0.3, 0.4) is 0 Å². The number of allylic oxidation sites excluding steroid dienone is 10. The number of fused-ring (bicyclic) bond motifs is 1. The Morgan fingerprint density at radius 1 is 0.677 bits per heavy atom. The molecule has 1 unspecified atom stereocenters. The maximum atomic E-state index is 6.47. The van der Waals surface area contributed by atoms with Crippen molar-refractivity contribution in [2.24, 2.45) is 0 Å². The van der Waals surface area contributed by atoms with E-state index in [1.807, 2.05) is 20.0 Å². The molecule has 1 atom stereocenters. The Balaban J connectivity index is 0.959. The van der Waals surface area contributed by atoms with E-state index in [0.29, 0.717) is 6.42 Å². The Bertz CT molecular complexity index is 4390. The zero-order chi connectivity index (χ0) is 65.2. The van der Waals surface area contributed by atoms with E-state index in [9.17, 15) is 0 Å². The van der Waals surface area contributed by atoms with Gasteiger partial charge in [-0.15, -0.1) is 11.6 Å². The first-order chi connectivity index (χ1) is 44.8. The van der Waals surface area contributed by atoms with Crippen LogP contribution >= 0.6 is 11.6 Å². The fourth-order valence-corrected chi connectivity index (χ4v) is 13.5. The van der Waals surface area contributed by atoms with Crippen molar-refractivity contribution in [2.45, 2.75) is 117 Å². The highest BCUT2D eigenvalue weighted by atomic mass is 32.2. The third-order valence-electron chi connectivity index (χ3n) is 19.0. The molecule has 3 aliphatic rings. The van der Waals surface area contributed by atoms with Crippen molar-refractivity contribution >= 4 is 75.3 Å². The molecule has 8 aromatic carbocycles. The van der Waals surface area contributed by atoms with Gasteiger partial charge in [0.25, 0.3) is 0 Å². The molecule has 3 heterocycles. The summed E-state index contributed by atoms with van der Waals surface area (Å²) < 4.78 is 19.1. The highest BCUT2D eigenvalue weighted by Gasteiger charge is 2.52. The lowest BCUT2D eigenvalue weighted by Gasteiger charge is -2.47. The molecule has 466 valence electrons. The molecule has 7 nitrogen and oxygen atoms in total. The maximum Gasteiger partial charge on any atom is 0.494 e. The zero-order valence-electron chi connectivity index (χ0n) is 55.9. The molecule has 93 heavy (non-hydrogen) atoms. The Hall–Kier alpha value is -8.89. The smallest absolute Gasteiger partial charge is 0.423 e. The van der Waals surface area contributed by atoms with E-state index in [-0.39, 0.29) is 17.6 Å². The lowest BCUT2D eigenvalue weighted by molar-refractivity contribution is 0.00578. The van der Waals surface area contributed by atoms with Gasteiger partial charge in [-0.3, -0.25) is 0 Å². The van der Waals surface area contributed by atoms with E-state index in [1.54, 1.807) is 11.6 Å². The molecule has 10 heteroatoms. The highest BCUT2D eigenvalue weighted by molar-refractivity contribution is 8.25. The van der Waals surface area contributed by atoms with Gasteiger partial charge in [0.2, 0.25) is 0 Å². The fourth-order valence-electron chi connectivity index (χ4n) is 12.2. The van der Waals surface area contributed by atoms with Crippen LogP contribution < -0.4 is 20.6 Å². The van der Waals surface area contributed by atoms with Gasteiger partial charge in [-0.1, -0.05) is 165 Å². The molecule has 0 bridgehead atoms. The third-order valence-corrected chi connectivity index (χ3v) is 20.5. The molecule has 9 aromatic rings. The average molecular weight is 1240 g/mol. The second kappa shape index (κ2) is 27.0. The summed E-state index contributed by atoms with van der Waals surface area (Å²) in [5.74, 6) is 0. The van der Waals surface area contributed by atoms with Crippen molar-refractivity contribution in [2.75, 3.05) is 22.2 Å². The first kappa shape index (κ1) is 64.2. The molecule has 0 radical (unpaired) electrons. The lowest BCUT2D eigenvalue weighted by Crippen LogP contribution is -2.51. The van der Waals surface area contributed by atoms with Gasteiger partial charge in [-0.25, -0.2) is 4.98 Å². The molecule has 2 fully saturated rings. The van der Waals surface area contributed by atoms with Crippen LogP contribution in [0.1, 0.15) is 96.6 Å². The predicted octanol–water partition coefficient (Wildman–Crippen LogP) is 21.4. The fraction of sp³-hybridized carbons (Fsp3) is 0.217. The van der Waals surface area contributed by atoms with E-state index in [4.69, 9.17) is 18.9 Å². The van der Waals surface area contributed by atoms with Crippen molar-refractivity contribution in [3.8, 4) is 33.5 Å². The quantitative estimate of drug-likeness (QED) is 0.0635. The van der Waals surface area contributed by atoms with E-state index >= 15 is 0 Å². The molecule has 1 aliphatic carbocycles. The van der Waals surface area contributed by atoms with Crippen LogP contribution in [-0.4, -0.2) is 42.7 Å². The van der Waals surface area contributed by atoms with E-state index in [1.165, 1.54) is 27.2 Å². The number of rotatable bonds is 19. The molecule has 1 N–H and O–H groups in total. The van der Waals surface area contributed by atoms with Crippen molar-refractivity contribution in [1.82, 2.24) is 4.98 Å². The van der Waals surface area contributed by atoms with Crippen LogP contribution in [0.25, 0.3) is 50.0 Å². The van der Waals surface area contributed by atoms with Crippen molar-refractivity contribution in [1.29, 1.82) is 0 Å². The third kappa shape index (κ3) is 13.7. The van der Waals surface area contributed by atoms with Gasteiger partial charge in [-0.05, 0) is 240 Å². The van der Waals surface area contributed by atoms with Crippen LogP contribution in [0.4, 0.5) is 28.4 Å². The van der Waals surface area contributed by atoms with Crippen molar-refractivity contribution in [3.63, 3.8) is 0 Å². The maximum absolute atomic E-state index is 6.47. The molecule has 1 aromatic heterocycles. The van der Waals surface area contributed by atoms with Gasteiger partial charge in [0.15, 0.2) is 0 Å². The summed E-state index contributed by atoms with van der Waals surface area (Å²) in [5.41, 5.74) is 23.1. The van der Waals surface area contributed by atoms with Gasteiger partial charge in [0, 0.05) is 74.8 Å². The van der Waals surface area contributed by atoms with Gasteiger partial charge in [0.1, 0.15) is 0 Å². The Morgan fingerprint density at radius 2 is 1.27 bits per heavy atom. The Kier molecular flexibility index (Phi) is 18.6. The minimum atomic E-state index is -0.434. The second-order valence-corrected chi connectivity index (χ2v) is 27.6. The van der Waals surface area contributed by atoms with Crippen LogP contribution in [0.15, 0.2) is 271 Å². The first-order valence-corrected chi connectivity index (χ1v) is 33.5. The Morgan fingerprint density at radius 3 is 1.88 bits per heavy atom. The number of benzene rings is 8. The summed E-state index contributed by atoms with van der Waals surface area (Å²) in [6, 6.07) is 68.9. The summed E-state index contributed by atoms with van der Waals surface area (Å²) >= 11 is 1.79. The monoisotopic (exact) mass is 1240 g/mol. The van der Waals surface area contributed by atoms with Crippen LogP contribution in [0.5, 0.6) is 0 Å². The molecule has 2 aliphatic heterocycles. The van der Waals surface area contributed by atoms with Crippen LogP contribution in [0.2, 0.25) is 5.31 Å². The van der Waals surface area contributed by atoms with Gasteiger partial charge < -0.3 is 29.1 Å². The lowest BCUT2D eigenvalue weighted by atomic mass is 9.55. The first-order valence-electron chi connectivity index (χ1n) is 32.6. The zero-order valence-corrected chi connectivity index (χ0v) is 56.7. The van der Waals surface area contributed by atoms with Crippen LogP contribution in [-0.2, 0) is 20.4 Å². The summed E-state index contributed by atoms with van der Waals surface area (Å²) in [6.07, 6.45) is 21.4. The standard InChI is InChI=1S/C83H84B2N4O3S/c1-14-17-67(18-15-2)88(69-40-22-57(4)23-41-69)71-46-31-62(32-47-71)75-55-80(63-33-48-73(49-34-63)93-85-81(7,8)59(6)90-85)87-79-52-36-65(54-77(75)79)64-35-51-78(86-13)76(53-64)74(50-28-60-26-37-66(38-27-60)84-91-82(9,10)83(11,12)92-84)61-29-44-72(45-30-61)89(70-42-24-58(5)25-43-70)68-20-16-19-56(3)21-39-68/h14-18,20-27,29-55,59,86H,1,19,28H2,2-13H3/b18-15-,67-17+,74-50-. The summed E-state index contributed by atoms with van der Waals surface area (Å²) in [4.78, 5) is 11.3. The summed E-state index contributed by atoms with van der Waals surface area (Å²) in [5, 5.41) is 4.76. The molecular formula is C83H84B2N4O3S. The number of aryl methyl sites for hydroxylation is 2. The molecule has 2 saturated heterocycles. The largest absolute Gasteiger partial charge is 0.494 e. The minimum absolute atomic E-state index is 0.0978. The SMILES string of the molecule is C=C/C=C(\C=C/C)N(c1ccc(C)cc1)c1ccc(-c2cc(-c3ccc(SB4OC(C)C4(C)C)cc3)nc3ccc(-c4ccc(NC)c(/C(=C\Cc5ccc(B6OC(C)(C)C(C)(C)O6)cc5)c5ccc(N(C6=CC=C(C)CC=C6)c6ccc(C)cc6)cc5)c4)cc23)cc1. The molecule has 0 saturated carbocycles. The van der Waals surface area contributed by atoms with Gasteiger partial charge >= 0.3 is 13.3 Å². The van der Waals surface area contributed by atoms with E-state index < -0.39 is 18.3 Å². The summed E-state index contributed by atoms with van der Waals surface area (Å²) in [6.45, 7) is 27.7. The number of hydrogen-bond donors (Lipinski definition) is 1. The predicted molar refractivity (Wildman–Crippen MR) is 399 cm³/mol. The number of nitrogens with zero attached hydrogens (tertiary/aromatic N) is 3. The minimum Gasteiger partial charge on any atom is -0.423 e. The number of pyridine rings is 1. The van der Waals surface area contributed by atoms with Crippen molar-refractivity contribution in [3.05, 3.63) is 294 Å². The highest BCUT2D eigenvalue weighted by Crippen LogP contribution is 2.51. The van der Waals surface area contributed by atoms with Gasteiger partial charge in [-0.2, -0.15) is 0 Å². The number of aromatic nitrogens is 1. The topological polar surface area (TPSA) is 59.1 Å².